The van der Waals surface area contributed by atoms with Gasteiger partial charge in [-0.2, -0.15) is 5.10 Å². The molecule has 1 amide bonds. The summed E-state index contributed by atoms with van der Waals surface area (Å²) in [7, 11) is 3.43. The van der Waals surface area contributed by atoms with Gasteiger partial charge in [0.05, 0.1) is 42.5 Å². The fourth-order valence-electron chi connectivity index (χ4n) is 4.77. The summed E-state index contributed by atoms with van der Waals surface area (Å²) in [5.74, 6) is 1.51. The van der Waals surface area contributed by atoms with E-state index in [-0.39, 0.29) is 11.3 Å². The van der Waals surface area contributed by atoms with Crippen LogP contribution >= 0.6 is 0 Å². The van der Waals surface area contributed by atoms with Crippen molar-refractivity contribution in [3.8, 4) is 17.1 Å². The van der Waals surface area contributed by atoms with Crippen molar-refractivity contribution in [2.75, 3.05) is 38.2 Å². The molecule has 4 aromatic rings. The molecule has 0 aliphatic carbocycles. The monoisotopic (exact) mass is 441 g/mol. The lowest BCUT2D eigenvalue weighted by Gasteiger charge is -2.60. The predicted molar refractivity (Wildman–Crippen MR) is 123 cm³/mol. The number of rotatable bonds is 4. The highest BCUT2D eigenvalue weighted by Gasteiger charge is 2.53. The Morgan fingerprint density at radius 3 is 2.64 bits per heavy atom. The molecule has 9 nitrogen and oxygen atoms in total. The predicted octanol–water partition coefficient (Wildman–Crippen LogP) is 2.40. The molecule has 2 saturated heterocycles. The molecule has 0 bridgehead atoms. The molecule has 0 atom stereocenters. The molecule has 0 radical (unpaired) electrons. The standard InChI is InChI=1S/C24H23N7O2/c1-29-11-18(8-26-29)23(32)31-14-24(15-31)12-30(13-24)21-10-25-9-20(27-21)17-3-5-19-16(7-17)4-6-22(28-19)33-2/h3-11H,12-15H2,1-2H3. The minimum Gasteiger partial charge on any atom is -0.481 e. The van der Waals surface area contributed by atoms with Gasteiger partial charge in [-0.15, -0.1) is 0 Å². The second-order valence-electron chi connectivity index (χ2n) is 8.94. The third-order valence-corrected chi connectivity index (χ3v) is 6.46. The van der Waals surface area contributed by atoms with Crippen LogP contribution in [-0.4, -0.2) is 68.8 Å². The third kappa shape index (κ3) is 3.36. The number of ether oxygens (including phenoxy) is 1. The number of benzene rings is 1. The van der Waals surface area contributed by atoms with Crippen LogP contribution in [0.15, 0.2) is 55.1 Å². The van der Waals surface area contributed by atoms with Gasteiger partial charge in [-0.25, -0.2) is 9.97 Å². The highest BCUT2D eigenvalue weighted by Crippen LogP contribution is 2.42. The maximum atomic E-state index is 12.6. The maximum absolute atomic E-state index is 12.6. The summed E-state index contributed by atoms with van der Waals surface area (Å²) < 4.78 is 6.86. The summed E-state index contributed by atoms with van der Waals surface area (Å²) in [5, 5.41) is 5.12. The van der Waals surface area contributed by atoms with E-state index in [0.717, 1.165) is 54.2 Å². The molecule has 1 spiro atoms. The van der Waals surface area contributed by atoms with Crippen LogP contribution in [0.4, 0.5) is 5.82 Å². The number of methoxy groups -OCH3 is 1. The second kappa shape index (κ2) is 7.26. The van der Waals surface area contributed by atoms with E-state index >= 15 is 0 Å². The van der Waals surface area contributed by atoms with Gasteiger partial charge in [0.25, 0.3) is 5.91 Å². The van der Waals surface area contributed by atoms with Crippen molar-refractivity contribution in [3.05, 3.63) is 60.7 Å². The van der Waals surface area contributed by atoms with Gasteiger partial charge in [0.15, 0.2) is 0 Å². The Morgan fingerprint density at radius 2 is 1.88 bits per heavy atom. The van der Waals surface area contributed by atoms with Crippen LogP contribution in [0, 0.1) is 5.41 Å². The van der Waals surface area contributed by atoms with Crippen molar-refractivity contribution in [1.82, 2.24) is 29.6 Å². The van der Waals surface area contributed by atoms with Gasteiger partial charge in [-0.3, -0.25) is 14.5 Å². The molecule has 2 aliphatic rings. The fourth-order valence-corrected chi connectivity index (χ4v) is 4.77. The van der Waals surface area contributed by atoms with Crippen molar-refractivity contribution in [1.29, 1.82) is 0 Å². The van der Waals surface area contributed by atoms with Crippen LogP contribution in [0.5, 0.6) is 5.88 Å². The molecule has 33 heavy (non-hydrogen) atoms. The normalized spacial score (nSPS) is 16.5. The van der Waals surface area contributed by atoms with E-state index in [1.54, 1.807) is 36.6 Å². The summed E-state index contributed by atoms with van der Waals surface area (Å²) >= 11 is 0. The molecule has 3 aromatic heterocycles. The average Bonchev–Trinajstić information content (AvgIpc) is 3.23. The van der Waals surface area contributed by atoms with E-state index in [0.29, 0.717) is 11.4 Å². The number of carbonyl (C=O) groups excluding carboxylic acids is 1. The number of hydrogen-bond donors (Lipinski definition) is 0. The molecule has 0 unspecified atom stereocenters. The van der Waals surface area contributed by atoms with Crippen molar-refractivity contribution in [2.24, 2.45) is 12.5 Å². The van der Waals surface area contributed by atoms with Crippen LogP contribution in [0.25, 0.3) is 22.2 Å². The van der Waals surface area contributed by atoms with Crippen molar-refractivity contribution >= 4 is 22.6 Å². The Morgan fingerprint density at radius 1 is 1.03 bits per heavy atom. The lowest BCUT2D eigenvalue weighted by atomic mass is 9.72. The highest BCUT2D eigenvalue weighted by molar-refractivity contribution is 5.94. The number of pyridine rings is 1. The summed E-state index contributed by atoms with van der Waals surface area (Å²) in [6, 6.07) is 9.91. The first-order chi connectivity index (χ1) is 16.0. The quantitative estimate of drug-likeness (QED) is 0.480. The number of fused-ring (bicyclic) bond motifs is 1. The van der Waals surface area contributed by atoms with Crippen LogP contribution in [0.1, 0.15) is 10.4 Å². The summed E-state index contributed by atoms with van der Waals surface area (Å²) in [4.78, 5) is 30.5. The SMILES string of the molecule is COc1ccc2cc(-c3cncc(N4CC5(CN(C(=O)c6cnn(C)c6)C5)C4)n3)ccc2n1. The molecule has 0 N–H and O–H groups in total. The first kappa shape index (κ1) is 19.7. The largest absolute Gasteiger partial charge is 0.481 e. The fraction of sp³-hybridized carbons (Fsp3) is 0.292. The van der Waals surface area contributed by atoms with E-state index in [9.17, 15) is 4.79 Å². The molecule has 2 aliphatic heterocycles. The molecule has 0 saturated carbocycles. The molecule has 5 heterocycles. The summed E-state index contributed by atoms with van der Waals surface area (Å²) in [5.41, 5.74) is 3.50. The number of nitrogens with zero attached hydrogens (tertiary/aromatic N) is 7. The Balaban J connectivity index is 1.14. The first-order valence-corrected chi connectivity index (χ1v) is 10.8. The lowest BCUT2D eigenvalue weighted by molar-refractivity contribution is -0.0107. The van der Waals surface area contributed by atoms with Crippen molar-refractivity contribution < 1.29 is 9.53 Å². The smallest absolute Gasteiger partial charge is 0.257 e. The number of hydrogen-bond acceptors (Lipinski definition) is 7. The number of amides is 1. The first-order valence-electron chi connectivity index (χ1n) is 10.8. The molecular formula is C24H23N7O2. The molecule has 1 aromatic carbocycles. The molecule has 2 fully saturated rings. The van der Waals surface area contributed by atoms with Crippen LogP contribution in [-0.2, 0) is 7.05 Å². The zero-order valence-corrected chi connectivity index (χ0v) is 18.5. The van der Waals surface area contributed by atoms with Crippen LogP contribution in [0.2, 0.25) is 0 Å². The highest BCUT2D eigenvalue weighted by atomic mass is 16.5. The molecule has 6 rings (SSSR count). The average molecular weight is 441 g/mol. The van der Waals surface area contributed by atoms with Gasteiger partial charge in [0.2, 0.25) is 5.88 Å². The zero-order chi connectivity index (χ0) is 22.6. The van der Waals surface area contributed by atoms with Gasteiger partial charge >= 0.3 is 0 Å². The summed E-state index contributed by atoms with van der Waals surface area (Å²) in [6.45, 7) is 3.30. The van der Waals surface area contributed by atoms with Crippen LogP contribution < -0.4 is 9.64 Å². The minimum absolute atomic E-state index is 0.0531. The Hall–Kier alpha value is -4.01. The maximum Gasteiger partial charge on any atom is 0.257 e. The molecule has 166 valence electrons. The number of carbonyl (C=O) groups is 1. The van der Waals surface area contributed by atoms with E-state index in [4.69, 9.17) is 9.72 Å². The Bertz CT molecular complexity index is 1370. The summed E-state index contributed by atoms with van der Waals surface area (Å²) in [6.07, 6.45) is 6.98. The Kier molecular flexibility index (Phi) is 4.33. The third-order valence-electron chi connectivity index (χ3n) is 6.46. The second-order valence-corrected chi connectivity index (χ2v) is 8.94. The van der Waals surface area contributed by atoms with Gasteiger partial charge in [0, 0.05) is 61.9 Å². The van der Waals surface area contributed by atoms with Gasteiger partial charge < -0.3 is 14.5 Å². The zero-order valence-electron chi connectivity index (χ0n) is 18.5. The lowest BCUT2D eigenvalue weighted by Crippen LogP contribution is -2.73. The molecular weight excluding hydrogens is 418 g/mol. The van der Waals surface area contributed by atoms with Crippen molar-refractivity contribution in [2.45, 2.75) is 0 Å². The molecule has 9 heteroatoms. The van der Waals surface area contributed by atoms with E-state index in [1.165, 1.54) is 0 Å². The number of aromatic nitrogens is 5. The Labute approximate surface area is 190 Å². The number of anilines is 1. The number of likely N-dealkylation sites (tertiary alicyclic amines) is 1. The minimum atomic E-state index is 0.0531. The number of aryl methyl sites for hydroxylation is 1. The van der Waals surface area contributed by atoms with Crippen LogP contribution in [0.3, 0.4) is 0 Å². The van der Waals surface area contributed by atoms with Crippen molar-refractivity contribution in [3.63, 3.8) is 0 Å². The van der Waals surface area contributed by atoms with E-state index in [1.807, 2.05) is 36.2 Å². The topological polar surface area (TPSA) is 89.3 Å². The van der Waals surface area contributed by atoms with Gasteiger partial charge in [-0.05, 0) is 18.2 Å². The van der Waals surface area contributed by atoms with E-state index < -0.39 is 0 Å². The van der Waals surface area contributed by atoms with Gasteiger partial charge in [-0.1, -0.05) is 6.07 Å². The van der Waals surface area contributed by atoms with E-state index in [2.05, 4.69) is 26.0 Å². The van der Waals surface area contributed by atoms with Gasteiger partial charge in [0.1, 0.15) is 5.82 Å².